The topological polar surface area (TPSA) is 98.9 Å². The van der Waals surface area contributed by atoms with E-state index in [1.807, 2.05) is 5.38 Å². The van der Waals surface area contributed by atoms with E-state index < -0.39 is 4.92 Å². The van der Waals surface area contributed by atoms with Crippen LogP contribution in [0.3, 0.4) is 0 Å². The maximum absolute atomic E-state index is 13.0. The molecule has 3 rings (SSSR count). The third-order valence-corrected chi connectivity index (χ3v) is 4.53. The average Bonchev–Trinajstić information content (AvgIpc) is 3.18. The number of methoxy groups -OCH3 is 1. The summed E-state index contributed by atoms with van der Waals surface area (Å²) in [7, 11) is 1.41. The number of nitrogens with one attached hydrogen (secondary N) is 1. The molecule has 0 saturated carbocycles. The first-order valence-electron chi connectivity index (χ1n) is 8.51. The Labute approximate surface area is 169 Å². The summed E-state index contributed by atoms with van der Waals surface area (Å²) in [4.78, 5) is 15.2. The number of nitro groups is 1. The van der Waals surface area contributed by atoms with E-state index in [1.54, 1.807) is 25.1 Å². The first kappa shape index (κ1) is 20.2. The van der Waals surface area contributed by atoms with Gasteiger partial charge in [0.1, 0.15) is 5.82 Å². The molecule has 0 spiro atoms. The van der Waals surface area contributed by atoms with Gasteiger partial charge in [0.2, 0.25) is 10.9 Å². The highest BCUT2D eigenvalue weighted by molar-refractivity contribution is 7.14. The fourth-order valence-corrected chi connectivity index (χ4v) is 3.17. The van der Waals surface area contributed by atoms with Crippen LogP contribution < -0.4 is 14.9 Å². The van der Waals surface area contributed by atoms with E-state index >= 15 is 0 Å². The lowest BCUT2D eigenvalue weighted by molar-refractivity contribution is -0.385. The van der Waals surface area contributed by atoms with Gasteiger partial charge < -0.3 is 9.47 Å². The lowest BCUT2D eigenvalue weighted by atomic mass is 10.2. The van der Waals surface area contributed by atoms with Crippen LogP contribution in [0.25, 0.3) is 11.3 Å². The number of hydrogen-bond donors (Lipinski definition) is 1. The first-order chi connectivity index (χ1) is 14.0. The standard InChI is InChI=1S/C19H17FN4O4S/c1-3-28-18-16(24(25)26)8-12(9-17(18)27-2)10-21-23-19-22-15(11-29-19)13-4-6-14(20)7-5-13/h4-11H,3H2,1-2H3,(H,22,23)/b21-10-. The van der Waals surface area contributed by atoms with Gasteiger partial charge in [0, 0.05) is 22.6 Å². The molecule has 0 aliphatic rings. The van der Waals surface area contributed by atoms with Crippen molar-refractivity contribution >= 4 is 28.4 Å². The van der Waals surface area contributed by atoms with Gasteiger partial charge in [-0.3, -0.25) is 15.5 Å². The number of thiazole rings is 1. The van der Waals surface area contributed by atoms with Crippen LogP contribution in [0.5, 0.6) is 11.5 Å². The molecule has 0 atom stereocenters. The molecular weight excluding hydrogens is 399 g/mol. The molecule has 150 valence electrons. The molecule has 0 radical (unpaired) electrons. The van der Waals surface area contributed by atoms with E-state index in [0.29, 0.717) is 16.4 Å². The Bertz CT molecular complexity index is 1040. The molecule has 10 heteroatoms. The van der Waals surface area contributed by atoms with Crippen LogP contribution in [0.2, 0.25) is 0 Å². The largest absolute Gasteiger partial charge is 0.493 e. The van der Waals surface area contributed by atoms with Gasteiger partial charge in [-0.25, -0.2) is 9.37 Å². The normalized spacial score (nSPS) is 10.9. The zero-order valence-corrected chi connectivity index (χ0v) is 16.4. The monoisotopic (exact) mass is 416 g/mol. The summed E-state index contributed by atoms with van der Waals surface area (Å²) in [6.07, 6.45) is 1.42. The summed E-state index contributed by atoms with van der Waals surface area (Å²) in [6, 6.07) is 8.96. The smallest absolute Gasteiger partial charge is 0.315 e. The van der Waals surface area contributed by atoms with Gasteiger partial charge in [-0.15, -0.1) is 11.3 Å². The Hall–Kier alpha value is -3.53. The fourth-order valence-electron chi connectivity index (χ4n) is 2.50. The van der Waals surface area contributed by atoms with Crippen molar-refractivity contribution in [3.05, 3.63) is 63.3 Å². The van der Waals surface area contributed by atoms with Crippen LogP contribution in [-0.2, 0) is 0 Å². The number of ether oxygens (including phenoxy) is 2. The van der Waals surface area contributed by atoms with Crippen molar-refractivity contribution in [2.75, 3.05) is 19.1 Å². The van der Waals surface area contributed by atoms with Gasteiger partial charge in [0.05, 0.1) is 30.5 Å². The predicted molar refractivity (Wildman–Crippen MR) is 110 cm³/mol. The molecule has 0 bridgehead atoms. The van der Waals surface area contributed by atoms with E-state index in [1.165, 1.54) is 42.9 Å². The van der Waals surface area contributed by atoms with Crippen LogP contribution in [0.15, 0.2) is 46.9 Å². The molecule has 0 amide bonds. The van der Waals surface area contributed by atoms with Gasteiger partial charge in [0.15, 0.2) is 5.75 Å². The van der Waals surface area contributed by atoms with E-state index in [4.69, 9.17) is 9.47 Å². The fraction of sp³-hybridized carbons (Fsp3) is 0.158. The highest BCUT2D eigenvalue weighted by Gasteiger charge is 2.21. The molecule has 2 aromatic carbocycles. The third-order valence-electron chi connectivity index (χ3n) is 3.78. The summed E-state index contributed by atoms with van der Waals surface area (Å²) < 4.78 is 23.6. The Morgan fingerprint density at radius 2 is 2.10 bits per heavy atom. The zero-order chi connectivity index (χ0) is 20.8. The summed E-state index contributed by atoms with van der Waals surface area (Å²) in [5, 5.41) is 17.8. The lowest BCUT2D eigenvalue weighted by Gasteiger charge is -2.10. The minimum atomic E-state index is -0.534. The van der Waals surface area contributed by atoms with Gasteiger partial charge in [-0.2, -0.15) is 5.10 Å². The van der Waals surface area contributed by atoms with Crippen molar-refractivity contribution in [1.82, 2.24) is 4.98 Å². The van der Waals surface area contributed by atoms with Crippen molar-refractivity contribution < 1.29 is 18.8 Å². The number of hydrogen-bond acceptors (Lipinski definition) is 8. The highest BCUT2D eigenvalue weighted by Crippen LogP contribution is 2.38. The van der Waals surface area contributed by atoms with Crippen molar-refractivity contribution in [3.8, 4) is 22.8 Å². The molecular formula is C19H17FN4O4S. The Kier molecular flexibility index (Phi) is 6.35. The van der Waals surface area contributed by atoms with Crippen molar-refractivity contribution in [1.29, 1.82) is 0 Å². The minimum absolute atomic E-state index is 0.0778. The third kappa shape index (κ3) is 4.85. The number of anilines is 1. The van der Waals surface area contributed by atoms with Crippen LogP contribution >= 0.6 is 11.3 Å². The molecule has 1 N–H and O–H groups in total. The van der Waals surface area contributed by atoms with Gasteiger partial charge >= 0.3 is 5.69 Å². The Morgan fingerprint density at radius 1 is 1.34 bits per heavy atom. The minimum Gasteiger partial charge on any atom is -0.493 e. The van der Waals surface area contributed by atoms with E-state index in [-0.39, 0.29) is 29.6 Å². The molecule has 8 nitrogen and oxygen atoms in total. The molecule has 0 aliphatic heterocycles. The molecule has 0 saturated heterocycles. The molecule has 1 heterocycles. The maximum atomic E-state index is 13.0. The molecule has 1 aromatic heterocycles. The summed E-state index contributed by atoms with van der Waals surface area (Å²) in [5.41, 5.74) is 4.50. The SMILES string of the molecule is CCOc1c(OC)cc(/C=N\Nc2nc(-c3ccc(F)cc3)cs2)cc1[N+](=O)[O-]. The second kappa shape index (κ2) is 9.11. The number of nitro benzene ring substituents is 1. The first-order valence-corrected chi connectivity index (χ1v) is 9.39. The maximum Gasteiger partial charge on any atom is 0.315 e. The van der Waals surface area contributed by atoms with Crippen molar-refractivity contribution in [2.24, 2.45) is 5.10 Å². The number of aromatic nitrogens is 1. The van der Waals surface area contributed by atoms with Gasteiger partial charge in [-0.05, 0) is 37.3 Å². The van der Waals surface area contributed by atoms with E-state index in [0.717, 1.165) is 5.56 Å². The Morgan fingerprint density at radius 3 is 2.76 bits per heavy atom. The average molecular weight is 416 g/mol. The van der Waals surface area contributed by atoms with Gasteiger partial charge in [-0.1, -0.05) is 0 Å². The van der Waals surface area contributed by atoms with Crippen molar-refractivity contribution in [2.45, 2.75) is 6.92 Å². The second-order valence-electron chi connectivity index (χ2n) is 5.68. The van der Waals surface area contributed by atoms with Crippen LogP contribution in [0.4, 0.5) is 15.2 Å². The van der Waals surface area contributed by atoms with E-state index in [2.05, 4.69) is 15.5 Å². The Balaban J connectivity index is 1.77. The number of benzene rings is 2. The molecule has 29 heavy (non-hydrogen) atoms. The predicted octanol–water partition coefficient (Wildman–Crippen LogP) is 4.71. The molecule has 0 unspecified atom stereocenters. The number of nitrogens with zero attached hydrogens (tertiary/aromatic N) is 3. The van der Waals surface area contributed by atoms with Crippen LogP contribution in [0, 0.1) is 15.9 Å². The molecule has 0 aliphatic carbocycles. The molecule has 0 fully saturated rings. The number of halogens is 1. The zero-order valence-electron chi connectivity index (χ0n) is 15.6. The van der Waals surface area contributed by atoms with Crippen LogP contribution in [-0.4, -0.2) is 29.8 Å². The number of rotatable bonds is 8. The quantitative estimate of drug-likeness (QED) is 0.324. The second-order valence-corrected chi connectivity index (χ2v) is 6.53. The lowest BCUT2D eigenvalue weighted by Crippen LogP contribution is -2.02. The highest BCUT2D eigenvalue weighted by atomic mass is 32.1. The van der Waals surface area contributed by atoms with Gasteiger partial charge in [0.25, 0.3) is 0 Å². The summed E-state index contributed by atoms with van der Waals surface area (Å²) in [6.45, 7) is 2.00. The van der Waals surface area contributed by atoms with Crippen LogP contribution in [0.1, 0.15) is 12.5 Å². The summed E-state index contributed by atoms with van der Waals surface area (Å²) >= 11 is 1.33. The summed E-state index contributed by atoms with van der Waals surface area (Å²) in [5.74, 6) is 0.0103. The number of hydrazone groups is 1. The van der Waals surface area contributed by atoms with E-state index in [9.17, 15) is 14.5 Å². The molecule has 3 aromatic rings. The van der Waals surface area contributed by atoms with Crippen molar-refractivity contribution in [3.63, 3.8) is 0 Å².